The number of urea groups is 1. The number of thiocarbonyl (C=S) groups is 1. The maximum Gasteiger partial charge on any atom is 0.319 e. The molecule has 0 saturated carbocycles. The number of likely N-dealkylation sites (tertiary alicyclic amines) is 1. The second kappa shape index (κ2) is 4.99. The number of hydrogen-bond acceptors (Lipinski definition) is 2. The fourth-order valence-electron chi connectivity index (χ4n) is 1.81. The van der Waals surface area contributed by atoms with Crippen LogP contribution in [0.5, 0.6) is 0 Å². The van der Waals surface area contributed by atoms with Gasteiger partial charge in [-0.1, -0.05) is 19.1 Å². The minimum atomic E-state index is -0.0725. The first-order valence-electron chi connectivity index (χ1n) is 5.70. The first-order valence-corrected chi connectivity index (χ1v) is 6.11. The van der Waals surface area contributed by atoms with Gasteiger partial charge < -0.3 is 15.5 Å². The smallest absolute Gasteiger partial charge is 0.319 e. The molecule has 0 bridgehead atoms. The van der Waals surface area contributed by atoms with Crippen molar-refractivity contribution in [1.82, 2.24) is 9.80 Å². The molecule has 0 atom stereocenters. The number of rotatable bonds is 2. The van der Waals surface area contributed by atoms with E-state index >= 15 is 0 Å². The van der Waals surface area contributed by atoms with Crippen molar-refractivity contribution in [1.29, 1.82) is 0 Å². The van der Waals surface area contributed by atoms with Crippen LogP contribution in [0.1, 0.15) is 26.7 Å². The third-order valence-corrected chi connectivity index (χ3v) is 4.03. The number of piperidine rings is 1. The summed E-state index contributed by atoms with van der Waals surface area (Å²) in [5.41, 5.74) is 5.65. The maximum atomic E-state index is 11.9. The third kappa shape index (κ3) is 2.64. The molecule has 1 heterocycles. The Morgan fingerprint density at radius 2 is 2.00 bits per heavy atom. The Balaban J connectivity index is 2.55. The predicted octanol–water partition coefficient (Wildman–Crippen LogP) is 1.45. The lowest BCUT2D eigenvalue weighted by atomic mass is 9.80. The van der Waals surface area contributed by atoms with E-state index in [1.54, 1.807) is 4.90 Å². The van der Waals surface area contributed by atoms with Gasteiger partial charge in [0.2, 0.25) is 0 Å². The van der Waals surface area contributed by atoms with E-state index in [2.05, 4.69) is 6.92 Å². The van der Waals surface area contributed by atoms with Crippen LogP contribution >= 0.6 is 12.2 Å². The van der Waals surface area contributed by atoms with Crippen LogP contribution in [0.15, 0.2) is 0 Å². The average Bonchev–Trinajstić information content (AvgIpc) is 2.28. The van der Waals surface area contributed by atoms with Crippen LogP contribution in [-0.2, 0) is 0 Å². The van der Waals surface area contributed by atoms with E-state index in [-0.39, 0.29) is 11.4 Å². The largest absolute Gasteiger partial charge is 0.393 e. The first kappa shape index (κ1) is 13.2. The zero-order valence-electron chi connectivity index (χ0n) is 10.3. The molecule has 1 aliphatic rings. The average molecular weight is 243 g/mol. The van der Waals surface area contributed by atoms with Crippen LogP contribution in [0.2, 0.25) is 0 Å². The summed E-state index contributed by atoms with van der Waals surface area (Å²) in [6.45, 7) is 6.29. The summed E-state index contributed by atoms with van der Waals surface area (Å²) in [5, 5.41) is 0. The monoisotopic (exact) mass is 243 g/mol. The van der Waals surface area contributed by atoms with Crippen molar-refractivity contribution in [2.24, 2.45) is 11.1 Å². The molecular weight excluding hydrogens is 222 g/mol. The number of hydrogen-bond donors (Lipinski definition) is 1. The fraction of sp³-hybridized carbons (Fsp3) is 0.818. The van der Waals surface area contributed by atoms with Gasteiger partial charge in [0.1, 0.15) is 0 Å². The lowest BCUT2D eigenvalue weighted by Crippen LogP contribution is -2.50. The second-order valence-corrected chi connectivity index (χ2v) is 5.15. The van der Waals surface area contributed by atoms with Gasteiger partial charge in [-0.05, 0) is 19.8 Å². The van der Waals surface area contributed by atoms with Crippen molar-refractivity contribution in [3.05, 3.63) is 0 Å². The molecule has 0 spiro atoms. The SMILES string of the molecule is CCN(C)C(=O)N1CCC(C)(C(N)=S)CC1. The highest BCUT2D eigenvalue weighted by molar-refractivity contribution is 7.80. The van der Waals surface area contributed by atoms with Crippen molar-refractivity contribution in [3.8, 4) is 0 Å². The van der Waals surface area contributed by atoms with Crippen molar-refractivity contribution in [2.75, 3.05) is 26.7 Å². The highest BCUT2D eigenvalue weighted by Gasteiger charge is 2.34. The summed E-state index contributed by atoms with van der Waals surface area (Å²) in [6.07, 6.45) is 1.73. The number of carbonyl (C=O) groups excluding carboxylic acids is 1. The first-order chi connectivity index (χ1) is 7.40. The Bertz CT molecular complexity index is 285. The van der Waals surface area contributed by atoms with Crippen molar-refractivity contribution in [2.45, 2.75) is 26.7 Å². The topological polar surface area (TPSA) is 49.6 Å². The van der Waals surface area contributed by atoms with Gasteiger partial charge in [-0.25, -0.2) is 4.79 Å². The number of amides is 2. The summed E-state index contributed by atoms with van der Waals surface area (Å²) in [7, 11) is 1.82. The molecule has 0 aliphatic carbocycles. The molecule has 0 aromatic rings. The van der Waals surface area contributed by atoms with Gasteiger partial charge in [-0.2, -0.15) is 0 Å². The molecular formula is C11H21N3OS. The van der Waals surface area contributed by atoms with Gasteiger partial charge in [0.25, 0.3) is 0 Å². The predicted molar refractivity (Wildman–Crippen MR) is 69.4 cm³/mol. The Morgan fingerprint density at radius 1 is 1.50 bits per heavy atom. The fourth-order valence-corrected chi connectivity index (χ4v) is 2.02. The van der Waals surface area contributed by atoms with Gasteiger partial charge in [0.15, 0.2) is 0 Å². The van der Waals surface area contributed by atoms with E-state index in [0.717, 1.165) is 32.5 Å². The Labute approximate surface area is 103 Å². The van der Waals surface area contributed by atoms with Gasteiger partial charge in [0, 0.05) is 32.1 Å². The van der Waals surface area contributed by atoms with Gasteiger partial charge in [-0.15, -0.1) is 0 Å². The van der Waals surface area contributed by atoms with Crippen LogP contribution < -0.4 is 5.73 Å². The molecule has 0 aromatic heterocycles. The Kier molecular flexibility index (Phi) is 4.13. The number of nitrogens with zero attached hydrogens (tertiary/aromatic N) is 2. The molecule has 0 aromatic carbocycles. The zero-order chi connectivity index (χ0) is 12.3. The summed E-state index contributed by atoms with van der Waals surface area (Å²) in [6, 6.07) is 0.104. The molecule has 0 unspecified atom stereocenters. The Hall–Kier alpha value is -0.840. The zero-order valence-corrected chi connectivity index (χ0v) is 11.1. The number of carbonyl (C=O) groups is 1. The van der Waals surface area contributed by atoms with E-state index in [1.807, 2.05) is 18.9 Å². The molecule has 0 radical (unpaired) electrons. The standard InChI is InChI=1S/C11H21N3OS/c1-4-13(3)10(15)14-7-5-11(2,6-8-14)9(12)16/h4-8H2,1-3H3,(H2,12,16). The van der Waals surface area contributed by atoms with Gasteiger partial charge >= 0.3 is 6.03 Å². The molecule has 1 aliphatic heterocycles. The van der Waals surface area contributed by atoms with E-state index in [4.69, 9.17) is 18.0 Å². The Morgan fingerprint density at radius 3 is 2.38 bits per heavy atom. The van der Waals surface area contributed by atoms with E-state index in [9.17, 15) is 4.79 Å². The van der Waals surface area contributed by atoms with Crippen molar-refractivity contribution < 1.29 is 4.79 Å². The quantitative estimate of drug-likeness (QED) is 0.747. The van der Waals surface area contributed by atoms with Crippen molar-refractivity contribution in [3.63, 3.8) is 0 Å². The normalized spacial score (nSPS) is 19.3. The van der Waals surface area contributed by atoms with Gasteiger partial charge in [0.05, 0.1) is 4.99 Å². The third-order valence-electron chi connectivity index (χ3n) is 3.53. The summed E-state index contributed by atoms with van der Waals surface area (Å²) >= 11 is 5.07. The summed E-state index contributed by atoms with van der Waals surface area (Å²) in [5.74, 6) is 0. The summed E-state index contributed by atoms with van der Waals surface area (Å²) in [4.78, 5) is 16.1. The van der Waals surface area contributed by atoms with E-state index in [0.29, 0.717) is 4.99 Å². The lowest BCUT2D eigenvalue weighted by Gasteiger charge is -2.39. The molecule has 2 N–H and O–H groups in total. The van der Waals surface area contributed by atoms with Crippen LogP contribution in [0, 0.1) is 5.41 Å². The minimum Gasteiger partial charge on any atom is -0.393 e. The van der Waals surface area contributed by atoms with E-state index < -0.39 is 0 Å². The minimum absolute atomic E-state index is 0.0725. The van der Waals surface area contributed by atoms with Crippen LogP contribution in [0.25, 0.3) is 0 Å². The lowest BCUT2D eigenvalue weighted by molar-refractivity contribution is 0.134. The van der Waals surface area contributed by atoms with Crippen molar-refractivity contribution >= 4 is 23.2 Å². The van der Waals surface area contributed by atoms with Crippen LogP contribution in [0.4, 0.5) is 4.79 Å². The molecule has 2 amide bonds. The number of nitrogens with two attached hydrogens (primary N) is 1. The van der Waals surface area contributed by atoms with Gasteiger partial charge in [-0.3, -0.25) is 0 Å². The molecule has 1 fully saturated rings. The molecule has 1 rings (SSSR count). The van der Waals surface area contributed by atoms with Crippen LogP contribution in [-0.4, -0.2) is 47.5 Å². The maximum absolute atomic E-state index is 11.9. The molecule has 16 heavy (non-hydrogen) atoms. The molecule has 5 heteroatoms. The molecule has 4 nitrogen and oxygen atoms in total. The highest BCUT2D eigenvalue weighted by atomic mass is 32.1. The second-order valence-electron chi connectivity index (χ2n) is 4.71. The highest BCUT2D eigenvalue weighted by Crippen LogP contribution is 2.31. The summed E-state index contributed by atoms with van der Waals surface area (Å²) < 4.78 is 0. The van der Waals surface area contributed by atoms with E-state index in [1.165, 1.54) is 0 Å². The molecule has 92 valence electrons. The van der Waals surface area contributed by atoms with Crippen LogP contribution in [0.3, 0.4) is 0 Å². The molecule has 1 saturated heterocycles.